The number of rotatable bonds is 5. The van der Waals surface area contributed by atoms with Crippen molar-refractivity contribution >= 4 is 9.84 Å². The molecule has 1 unspecified atom stereocenters. The Bertz CT molecular complexity index is 678. The highest BCUT2D eigenvalue weighted by Gasteiger charge is 2.14. The van der Waals surface area contributed by atoms with E-state index < -0.39 is 9.84 Å². The van der Waals surface area contributed by atoms with Gasteiger partial charge in [0, 0.05) is 25.9 Å². The van der Waals surface area contributed by atoms with Gasteiger partial charge in [-0.05, 0) is 17.7 Å². The highest BCUT2D eigenvalue weighted by molar-refractivity contribution is 7.90. The maximum absolute atomic E-state index is 11.4. The third-order valence-corrected chi connectivity index (χ3v) is 4.10. The Labute approximate surface area is 117 Å². The van der Waals surface area contributed by atoms with Crippen LogP contribution in [0.15, 0.2) is 35.4 Å². The Balaban J connectivity index is 2.19. The fourth-order valence-electron chi connectivity index (χ4n) is 1.92. The lowest BCUT2D eigenvalue weighted by atomic mass is 10.0. The number of nitrogens with two attached hydrogens (primary N) is 1. The lowest BCUT2D eigenvalue weighted by Crippen LogP contribution is -2.29. The first kappa shape index (κ1) is 14.6. The molecular weight excluding hydrogens is 278 g/mol. The predicted molar refractivity (Wildman–Crippen MR) is 74.3 cm³/mol. The summed E-state index contributed by atoms with van der Waals surface area (Å²) in [5, 5.41) is 7.87. The first-order valence-corrected chi connectivity index (χ1v) is 7.90. The van der Waals surface area contributed by atoms with E-state index in [1.54, 1.807) is 36.0 Å². The number of nitrogens with zero attached hydrogens (tertiary/aromatic N) is 3. The van der Waals surface area contributed by atoms with Gasteiger partial charge < -0.3 is 0 Å². The quantitative estimate of drug-likeness (QED) is 0.593. The van der Waals surface area contributed by atoms with Gasteiger partial charge >= 0.3 is 0 Å². The monoisotopic (exact) mass is 295 g/mol. The van der Waals surface area contributed by atoms with Crippen LogP contribution in [0, 0.1) is 0 Å². The van der Waals surface area contributed by atoms with Crippen LogP contribution in [0.1, 0.15) is 17.3 Å². The second kappa shape index (κ2) is 5.70. The van der Waals surface area contributed by atoms with Gasteiger partial charge in [0.05, 0.1) is 16.6 Å². The summed E-state index contributed by atoms with van der Waals surface area (Å²) in [6.07, 6.45) is 3.57. The number of sulfone groups is 1. The molecule has 0 saturated heterocycles. The Morgan fingerprint density at radius 1 is 1.35 bits per heavy atom. The maximum atomic E-state index is 11.4. The molecule has 108 valence electrons. The molecule has 1 aromatic carbocycles. The minimum atomic E-state index is -3.18. The van der Waals surface area contributed by atoms with Gasteiger partial charge in [-0.2, -0.15) is 0 Å². The van der Waals surface area contributed by atoms with E-state index in [0.29, 0.717) is 6.42 Å². The molecule has 7 nitrogen and oxygen atoms in total. The van der Waals surface area contributed by atoms with E-state index in [2.05, 4.69) is 15.7 Å². The van der Waals surface area contributed by atoms with E-state index in [1.807, 2.05) is 6.20 Å². The zero-order chi connectivity index (χ0) is 14.8. The summed E-state index contributed by atoms with van der Waals surface area (Å²) in [5.74, 6) is 5.56. The van der Waals surface area contributed by atoms with E-state index in [0.717, 1.165) is 11.3 Å². The number of aryl methyl sites for hydroxylation is 1. The Kier molecular flexibility index (Phi) is 4.17. The molecule has 1 aromatic heterocycles. The van der Waals surface area contributed by atoms with Gasteiger partial charge in [0.15, 0.2) is 9.84 Å². The van der Waals surface area contributed by atoms with Crippen LogP contribution in [0.4, 0.5) is 0 Å². The topological polar surface area (TPSA) is 103 Å². The second-order valence-corrected chi connectivity index (χ2v) is 6.66. The number of hydrogen-bond acceptors (Lipinski definition) is 6. The van der Waals surface area contributed by atoms with Crippen LogP contribution in [0.25, 0.3) is 0 Å². The summed E-state index contributed by atoms with van der Waals surface area (Å²) in [6.45, 7) is 0. The first-order valence-electron chi connectivity index (χ1n) is 6.01. The number of hydrogen-bond donors (Lipinski definition) is 2. The van der Waals surface area contributed by atoms with Crippen LogP contribution >= 0.6 is 0 Å². The summed E-state index contributed by atoms with van der Waals surface area (Å²) in [6, 6.07) is 6.49. The molecule has 0 aliphatic rings. The summed E-state index contributed by atoms with van der Waals surface area (Å²) in [7, 11) is -1.39. The van der Waals surface area contributed by atoms with Gasteiger partial charge in [-0.3, -0.25) is 16.0 Å². The van der Waals surface area contributed by atoms with E-state index >= 15 is 0 Å². The Morgan fingerprint density at radius 2 is 2.00 bits per heavy atom. The van der Waals surface area contributed by atoms with Crippen molar-refractivity contribution < 1.29 is 8.42 Å². The standard InChI is InChI=1S/C12H17N5O2S/c1-17-8-10(15-16-17)7-12(14-13)9-3-5-11(6-4-9)20(2,18)19/h3-6,8,12,14H,7,13H2,1-2H3. The highest BCUT2D eigenvalue weighted by Crippen LogP contribution is 2.19. The van der Waals surface area contributed by atoms with Crippen molar-refractivity contribution in [1.82, 2.24) is 20.4 Å². The normalized spacial score (nSPS) is 13.3. The van der Waals surface area contributed by atoms with Crippen molar-refractivity contribution in [2.24, 2.45) is 12.9 Å². The average Bonchev–Trinajstić information content (AvgIpc) is 2.81. The lowest BCUT2D eigenvalue weighted by molar-refractivity contribution is 0.545. The molecule has 2 rings (SSSR count). The number of benzene rings is 1. The van der Waals surface area contributed by atoms with Crippen molar-refractivity contribution in [3.8, 4) is 0 Å². The predicted octanol–water partition coefficient (Wildman–Crippen LogP) is -0.0343. The van der Waals surface area contributed by atoms with Crippen molar-refractivity contribution in [2.75, 3.05) is 6.26 Å². The Morgan fingerprint density at radius 3 is 2.45 bits per heavy atom. The van der Waals surface area contributed by atoms with Crippen molar-refractivity contribution in [1.29, 1.82) is 0 Å². The van der Waals surface area contributed by atoms with Gasteiger partial charge in [-0.15, -0.1) is 5.10 Å². The fraction of sp³-hybridized carbons (Fsp3) is 0.333. The van der Waals surface area contributed by atoms with Crippen molar-refractivity contribution in [3.63, 3.8) is 0 Å². The average molecular weight is 295 g/mol. The maximum Gasteiger partial charge on any atom is 0.175 e. The molecule has 1 atom stereocenters. The van der Waals surface area contributed by atoms with E-state index in [1.165, 1.54) is 6.26 Å². The van der Waals surface area contributed by atoms with Crippen LogP contribution in [0.5, 0.6) is 0 Å². The van der Waals surface area contributed by atoms with Crippen LogP contribution in [-0.4, -0.2) is 29.7 Å². The number of aromatic nitrogens is 3. The second-order valence-electron chi connectivity index (χ2n) is 4.65. The third kappa shape index (κ3) is 3.41. The molecule has 0 aliphatic carbocycles. The lowest BCUT2D eigenvalue weighted by Gasteiger charge is -2.15. The van der Waals surface area contributed by atoms with Crippen LogP contribution in [-0.2, 0) is 23.3 Å². The van der Waals surface area contributed by atoms with E-state index in [4.69, 9.17) is 5.84 Å². The zero-order valence-corrected chi connectivity index (χ0v) is 12.1. The van der Waals surface area contributed by atoms with Crippen LogP contribution in [0.3, 0.4) is 0 Å². The summed E-state index contributed by atoms with van der Waals surface area (Å²) < 4.78 is 24.5. The molecule has 20 heavy (non-hydrogen) atoms. The Hall–Kier alpha value is -1.77. The SMILES string of the molecule is Cn1cc(CC(NN)c2ccc(S(C)(=O)=O)cc2)nn1. The summed E-state index contributed by atoms with van der Waals surface area (Å²) in [5.41, 5.74) is 4.41. The van der Waals surface area contributed by atoms with Gasteiger partial charge in [0.2, 0.25) is 0 Å². The van der Waals surface area contributed by atoms with Gasteiger partial charge in [0.25, 0.3) is 0 Å². The molecule has 0 aliphatic heterocycles. The molecule has 0 bridgehead atoms. The largest absolute Gasteiger partial charge is 0.271 e. The molecule has 2 aromatic rings. The van der Waals surface area contributed by atoms with E-state index in [-0.39, 0.29) is 10.9 Å². The van der Waals surface area contributed by atoms with Gasteiger partial charge in [-0.1, -0.05) is 17.3 Å². The summed E-state index contributed by atoms with van der Waals surface area (Å²) in [4.78, 5) is 0.288. The van der Waals surface area contributed by atoms with Crippen LogP contribution in [0.2, 0.25) is 0 Å². The van der Waals surface area contributed by atoms with Crippen molar-refractivity contribution in [2.45, 2.75) is 17.4 Å². The molecular formula is C12H17N5O2S. The number of nitrogens with one attached hydrogen (secondary N) is 1. The fourth-order valence-corrected chi connectivity index (χ4v) is 2.55. The zero-order valence-electron chi connectivity index (χ0n) is 11.3. The van der Waals surface area contributed by atoms with Crippen molar-refractivity contribution in [3.05, 3.63) is 41.7 Å². The minimum absolute atomic E-state index is 0.152. The molecule has 0 radical (unpaired) electrons. The van der Waals surface area contributed by atoms with Crippen LogP contribution < -0.4 is 11.3 Å². The number of hydrazine groups is 1. The molecule has 8 heteroatoms. The van der Waals surface area contributed by atoms with Gasteiger partial charge in [-0.25, -0.2) is 8.42 Å². The van der Waals surface area contributed by atoms with Gasteiger partial charge in [0.1, 0.15) is 0 Å². The molecule has 1 heterocycles. The molecule has 0 spiro atoms. The minimum Gasteiger partial charge on any atom is -0.271 e. The first-order chi connectivity index (χ1) is 9.40. The smallest absolute Gasteiger partial charge is 0.175 e. The molecule has 0 fully saturated rings. The summed E-state index contributed by atoms with van der Waals surface area (Å²) >= 11 is 0. The molecule has 3 N–H and O–H groups in total. The van der Waals surface area contributed by atoms with E-state index in [9.17, 15) is 8.42 Å². The molecule has 0 saturated carbocycles. The third-order valence-electron chi connectivity index (χ3n) is 2.98. The molecule has 0 amide bonds. The highest BCUT2D eigenvalue weighted by atomic mass is 32.2.